The van der Waals surface area contributed by atoms with Gasteiger partial charge in [0, 0.05) is 43.6 Å². The average Bonchev–Trinajstić information content (AvgIpc) is 2.84. The van der Waals surface area contributed by atoms with Crippen molar-refractivity contribution in [2.75, 3.05) is 25.5 Å². The molecule has 1 aliphatic rings. The molecule has 1 amide bonds. The molecule has 3 unspecified atom stereocenters. The second-order valence-electron chi connectivity index (χ2n) is 8.78. The number of nitrogens with one attached hydrogen (secondary N) is 1. The summed E-state index contributed by atoms with van der Waals surface area (Å²) < 4.78 is 12.7. The van der Waals surface area contributed by atoms with Crippen LogP contribution in [0.25, 0.3) is 0 Å². The summed E-state index contributed by atoms with van der Waals surface area (Å²) in [6, 6.07) is 15.0. The number of carbonyl (C=O) groups excluding carboxylic acids is 1. The van der Waals surface area contributed by atoms with E-state index in [-0.39, 0.29) is 44.0 Å². The Balaban J connectivity index is 1.75. The first-order valence-electron chi connectivity index (χ1n) is 11.8. The SMILES string of the molecule is C=CCN(C)CC1CC(c2ccc(CO)cc2)OC(c2cccc(NC(=O)CCCC(=O)O)c2)O1. The topological polar surface area (TPSA) is 108 Å². The molecule has 188 valence electrons. The van der Waals surface area contributed by atoms with Gasteiger partial charge >= 0.3 is 5.97 Å². The highest BCUT2D eigenvalue weighted by Crippen LogP contribution is 2.38. The molecule has 1 heterocycles. The quantitative estimate of drug-likeness (QED) is 0.392. The third-order valence-electron chi connectivity index (χ3n) is 5.81. The standard InChI is InChI=1S/C27H34N2O6/c1-3-14-29(2)17-23-16-24(20-12-10-19(18-30)11-13-20)35-27(34-23)21-6-4-7-22(15-21)28-25(31)8-5-9-26(32)33/h3-4,6-7,10-13,15,23-24,27,30H,1,5,8-9,14,16-18H2,2H3,(H,28,31)(H,32,33). The summed E-state index contributed by atoms with van der Waals surface area (Å²) in [6.45, 7) is 5.24. The highest BCUT2D eigenvalue weighted by atomic mass is 16.7. The number of amides is 1. The average molecular weight is 483 g/mol. The number of hydrogen-bond acceptors (Lipinski definition) is 6. The van der Waals surface area contributed by atoms with Crippen molar-refractivity contribution in [1.82, 2.24) is 4.90 Å². The van der Waals surface area contributed by atoms with E-state index in [0.29, 0.717) is 18.7 Å². The Morgan fingerprint density at radius 1 is 1.14 bits per heavy atom. The Kier molecular flexibility index (Phi) is 9.98. The number of nitrogens with zero attached hydrogens (tertiary/aromatic N) is 1. The first-order valence-corrected chi connectivity index (χ1v) is 11.8. The number of likely N-dealkylation sites (N-methyl/N-ethyl adjacent to an activating group) is 1. The fourth-order valence-electron chi connectivity index (χ4n) is 4.06. The van der Waals surface area contributed by atoms with E-state index in [1.807, 2.05) is 55.6 Å². The van der Waals surface area contributed by atoms with Crippen LogP contribution in [0.15, 0.2) is 61.2 Å². The smallest absolute Gasteiger partial charge is 0.303 e. The molecule has 1 aliphatic heterocycles. The first kappa shape index (κ1) is 26.6. The maximum atomic E-state index is 12.2. The lowest BCUT2D eigenvalue weighted by Crippen LogP contribution is -2.37. The van der Waals surface area contributed by atoms with Gasteiger partial charge in [-0.05, 0) is 36.7 Å². The normalized spacial score (nSPS) is 19.9. The number of aliphatic hydroxyl groups excluding tert-OH is 1. The van der Waals surface area contributed by atoms with Crippen molar-refractivity contribution in [3.8, 4) is 0 Å². The van der Waals surface area contributed by atoms with Gasteiger partial charge in [0.15, 0.2) is 6.29 Å². The summed E-state index contributed by atoms with van der Waals surface area (Å²) >= 11 is 0. The maximum Gasteiger partial charge on any atom is 0.303 e. The van der Waals surface area contributed by atoms with Gasteiger partial charge in [0.05, 0.1) is 18.8 Å². The number of aliphatic hydroxyl groups is 1. The van der Waals surface area contributed by atoms with Crippen molar-refractivity contribution in [2.24, 2.45) is 0 Å². The molecular formula is C27H34N2O6. The van der Waals surface area contributed by atoms with Crippen LogP contribution in [-0.2, 0) is 25.7 Å². The summed E-state index contributed by atoms with van der Waals surface area (Å²) in [4.78, 5) is 25.0. The van der Waals surface area contributed by atoms with Crippen LogP contribution in [0, 0.1) is 0 Å². The van der Waals surface area contributed by atoms with Crippen LogP contribution in [0.3, 0.4) is 0 Å². The highest BCUT2D eigenvalue weighted by Gasteiger charge is 2.32. The van der Waals surface area contributed by atoms with Gasteiger partial charge in [0.25, 0.3) is 0 Å². The van der Waals surface area contributed by atoms with E-state index in [4.69, 9.17) is 14.6 Å². The predicted molar refractivity (Wildman–Crippen MR) is 133 cm³/mol. The third kappa shape index (κ3) is 8.29. The van der Waals surface area contributed by atoms with Crippen LogP contribution >= 0.6 is 0 Å². The fourth-order valence-corrected chi connectivity index (χ4v) is 4.06. The number of hydrogen-bond donors (Lipinski definition) is 3. The first-order chi connectivity index (χ1) is 16.9. The number of aliphatic carboxylic acids is 1. The minimum Gasteiger partial charge on any atom is -0.481 e. The Bertz CT molecular complexity index is 993. The van der Waals surface area contributed by atoms with Crippen LogP contribution in [0.1, 0.15) is 54.8 Å². The largest absolute Gasteiger partial charge is 0.481 e. The van der Waals surface area contributed by atoms with Gasteiger partial charge in [-0.25, -0.2) is 0 Å². The Morgan fingerprint density at radius 3 is 2.60 bits per heavy atom. The zero-order chi connectivity index (χ0) is 25.2. The number of carboxylic acid groups (broad SMARTS) is 1. The lowest BCUT2D eigenvalue weighted by Gasteiger charge is -2.37. The molecule has 35 heavy (non-hydrogen) atoms. The second kappa shape index (κ2) is 13.2. The predicted octanol–water partition coefficient (Wildman–Crippen LogP) is 4.04. The number of benzene rings is 2. The molecule has 1 fully saturated rings. The van der Waals surface area contributed by atoms with E-state index in [2.05, 4.69) is 16.8 Å². The van der Waals surface area contributed by atoms with Crippen LogP contribution in [0.5, 0.6) is 0 Å². The van der Waals surface area contributed by atoms with E-state index >= 15 is 0 Å². The molecule has 8 nitrogen and oxygen atoms in total. The van der Waals surface area contributed by atoms with Gasteiger partial charge in [0.1, 0.15) is 0 Å². The van der Waals surface area contributed by atoms with E-state index in [0.717, 1.165) is 23.2 Å². The number of rotatable bonds is 12. The fraction of sp³-hybridized carbons (Fsp3) is 0.407. The molecule has 3 atom stereocenters. The zero-order valence-corrected chi connectivity index (χ0v) is 20.1. The number of carbonyl (C=O) groups is 2. The van der Waals surface area contributed by atoms with Crippen LogP contribution in [0.4, 0.5) is 5.69 Å². The Hall–Kier alpha value is -3.04. The van der Waals surface area contributed by atoms with Crippen molar-refractivity contribution in [2.45, 2.75) is 50.8 Å². The molecule has 8 heteroatoms. The van der Waals surface area contributed by atoms with Crippen molar-refractivity contribution in [3.63, 3.8) is 0 Å². The van der Waals surface area contributed by atoms with Gasteiger partial charge in [-0.15, -0.1) is 6.58 Å². The molecule has 0 saturated carbocycles. The van der Waals surface area contributed by atoms with Crippen LogP contribution < -0.4 is 5.32 Å². The summed E-state index contributed by atoms with van der Waals surface area (Å²) in [5.74, 6) is -1.15. The van der Waals surface area contributed by atoms with Crippen molar-refractivity contribution in [3.05, 3.63) is 77.9 Å². The van der Waals surface area contributed by atoms with Crippen molar-refractivity contribution in [1.29, 1.82) is 0 Å². The molecule has 0 spiro atoms. The Labute approximate surface area is 206 Å². The molecule has 0 radical (unpaired) electrons. The van der Waals surface area contributed by atoms with Gasteiger partial charge in [-0.1, -0.05) is 42.5 Å². The van der Waals surface area contributed by atoms with Gasteiger partial charge in [-0.3, -0.25) is 9.59 Å². The van der Waals surface area contributed by atoms with Crippen LogP contribution in [-0.4, -0.2) is 53.2 Å². The summed E-state index contributed by atoms with van der Waals surface area (Å²) in [7, 11) is 2.01. The molecule has 3 N–H and O–H groups in total. The van der Waals surface area contributed by atoms with Gasteiger partial charge in [0.2, 0.25) is 5.91 Å². The highest BCUT2D eigenvalue weighted by molar-refractivity contribution is 5.90. The number of carboxylic acids is 1. The lowest BCUT2D eigenvalue weighted by atomic mass is 9.99. The minimum absolute atomic E-state index is 0.0126. The maximum absolute atomic E-state index is 12.2. The van der Waals surface area contributed by atoms with Crippen molar-refractivity contribution < 1.29 is 29.3 Å². The second-order valence-corrected chi connectivity index (χ2v) is 8.78. The number of anilines is 1. The Morgan fingerprint density at radius 2 is 1.91 bits per heavy atom. The molecule has 0 bridgehead atoms. The van der Waals surface area contributed by atoms with E-state index in [9.17, 15) is 14.7 Å². The third-order valence-corrected chi connectivity index (χ3v) is 5.81. The molecule has 2 aromatic rings. The van der Waals surface area contributed by atoms with E-state index in [1.54, 1.807) is 6.07 Å². The van der Waals surface area contributed by atoms with E-state index < -0.39 is 12.3 Å². The molecule has 1 saturated heterocycles. The molecule has 0 aliphatic carbocycles. The minimum atomic E-state index is -0.916. The molecule has 2 aromatic carbocycles. The van der Waals surface area contributed by atoms with E-state index in [1.165, 1.54) is 0 Å². The van der Waals surface area contributed by atoms with Gasteiger partial charge in [-0.2, -0.15) is 0 Å². The summed E-state index contributed by atoms with van der Waals surface area (Å²) in [6.07, 6.45) is 1.99. The molecular weight excluding hydrogens is 448 g/mol. The van der Waals surface area contributed by atoms with Crippen LogP contribution in [0.2, 0.25) is 0 Å². The monoisotopic (exact) mass is 482 g/mol. The van der Waals surface area contributed by atoms with Gasteiger partial charge < -0.3 is 29.9 Å². The number of ether oxygens (including phenoxy) is 2. The lowest BCUT2D eigenvalue weighted by molar-refractivity contribution is -0.252. The molecule has 0 aromatic heterocycles. The summed E-state index contributed by atoms with van der Waals surface area (Å²) in [5.41, 5.74) is 3.23. The molecule has 3 rings (SSSR count). The van der Waals surface area contributed by atoms with Crippen molar-refractivity contribution >= 4 is 17.6 Å². The zero-order valence-electron chi connectivity index (χ0n) is 20.1. The summed E-state index contributed by atoms with van der Waals surface area (Å²) in [5, 5.41) is 20.9.